The minimum Gasteiger partial charge on any atom is -0.508 e. The number of carbonyl (C=O) groups excluding carboxylic acids is 1. The summed E-state index contributed by atoms with van der Waals surface area (Å²) in [4.78, 5) is 26.5. The van der Waals surface area contributed by atoms with Crippen molar-refractivity contribution in [2.75, 3.05) is 19.6 Å². The average molecular weight is 551 g/mol. The van der Waals surface area contributed by atoms with Gasteiger partial charge in [-0.1, -0.05) is 12.1 Å². The molecule has 0 aromatic heterocycles. The monoisotopic (exact) mass is 550 g/mol. The fourth-order valence-electron chi connectivity index (χ4n) is 9.16. The summed E-state index contributed by atoms with van der Waals surface area (Å²) in [5.74, 6) is 1.31. The third-order valence-corrected chi connectivity index (χ3v) is 10.2. The van der Waals surface area contributed by atoms with Crippen LogP contribution in [0.1, 0.15) is 82.6 Å². The van der Waals surface area contributed by atoms with Gasteiger partial charge in [-0.25, -0.2) is 4.79 Å². The Morgan fingerprint density at radius 1 is 1.00 bits per heavy atom. The predicted octanol–water partition coefficient (Wildman–Crippen LogP) is 5.80. The zero-order valence-electron chi connectivity index (χ0n) is 22.7. The second-order valence-electron chi connectivity index (χ2n) is 13.0. The third kappa shape index (κ3) is 6.39. The number of carboxylic acid groups (broad SMARTS) is 1. The molecule has 4 saturated carbocycles. The molecule has 4 aliphatic carbocycles. The molecule has 1 aromatic rings. The summed E-state index contributed by atoms with van der Waals surface area (Å²) in [6, 6.07) is 9.16. The van der Waals surface area contributed by atoms with E-state index >= 15 is 0 Å². The van der Waals surface area contributed by atoms with Crippen LogP contribution >= 0.6 is 0 Å². The van der Waals surface area contributed by atoms with E-state index in [9.17, 15) is 23.1 Å². The lowest BCUT2D eigenvalue weighted by Crippen LogP contribution is -2.53. The number of aromatic hydroxyl groups is 1. The molecule has 0 spiro atoms. The Labute approximate surface area is 228 Å². The molecule has 216 valence electrons. The normalized spacial score (nSPS) is 34.9. The van der Waals surface area contributed by atoms with Gasteiger partial charge in [0.05, 0.1) is 0 Å². The molecule has 6 fully saturated rings. The van der Waals surface area contributed by atoms with Crippen LogP contribution in [0.25, 0.3) is 0 Å². The van der Waals surface area contributed by atoms with E-state index in [-0.39, 0.29) is 5.91 Å². The number of halogens is 3. The first kappa shape index (κ1) is 28.2. The molecule has 2 N–H and O–H groups in total. The SMILES string of the molecule is CC(=O)N(CCN1C2CCC1CC(c1cccc(O)c1)C2)CC12CC3CC(CC(C3)C1)C2.O=C(O)C(F)(F)F. The fraction of sp³-hybridized carbons (Fsp3) is 0.733. The van der Waals surface area contributed by atoms with Gasteiger partial charge < -0.3 is 15.1 Å². The van der Waals surface area contributed by atoms with Gasteiger partial charge in [0.1, 0.15) is 5.75 Å². The van der Waals surface area contributed by atoms with E-state index in [1.807, 2.05) is 12.1 Å². The summed E-state index contributed by atoms with van der Waals surface area (Å²) < 4.78 is 31.7. The number of amides is 1. The lowest BCUT2D eigenvalue weighted by molar-refractivity contribution is -0.192. The van der Waals surface area contributed by atoms with Crippen molar-refractivity contribution in [2.45, 2.75) is 95.3 Å². The summed E-state index contributed by atoms with van der Waals surface area (Å²) in [6.45, 7) is 4.75. The van der Waals surface area contributed by atoms with Crippen molar-refractivity contribution in [2.24, 2.45) is 23.2 Å². The number of alkyl halides is 3. The Balaban J connectivity index is 0.000000392. The lowest BCUT2D eigenvalue weighted by Gasteiger charge is -2.58. The number of phenols is 1. The van der Waals surface area contributed by atoms with Crippen LogP contribution in [0.2, 0.25) is 0 Å². The van der Waals surface area contributed by atoms with Gasteiger partial charge >= 0.3 is 12.1 Å². The minimum atomic E-state index is -5.08. The molecule has 6 aliphatic rings. The highest BCUT2D eigenvalue weighted by molar-refractivity contribution is 5.73. The highest BCUT2D eigenvalue weighted by Gasteiger charge is 2.51. The standard InChI is InChI=1S/C28H40N2O2.C2HF3O2/c1-19(31)29(18-28-15-20-9-21(16-28)11-22(10-20)17-28)7-8-30-25-5-6-26(30)13-24(12-25)23-3-2-4-27(32)14-23;3-2(4,5)1(6)7/h2-4,14,20-22,24-26,32H,5-13,15-18H2,1H3;(H,6,7). The van der Waals surface area contributed by atoms with Crippen LogP contribution < -0.4 is 0 Å². The highest BCUT2D eigenvalue weighted by Crippen LogP contribution is 2.60. The maximum absolute atomic E-state index is 12.7. The summed E-state index contributed by atoms with van der Waals surface area (Å²) >= 11 is 0. The van der Waals surface area contributed by atoms with Gasteiger partial charge in [0.25, 0.3) is 0 Å². The van der Waals surface area contributed by atoms with Crippen LogP contribution in [0, 0.1) is 23.2 Å². The second kappa shape index (κ2) is 10.9. The van der Waals surface area contributed by atoms with E-state index in [0.29, 0.717) is 29.2 Å². The van der Waals surface area contributed by atoms with Crippen LogP contribution in [0.5, 0.6) is 5.75 Å². The Bertz CT molecular complexity index is 1010. The number of nitrogens with zero attached hydrogens (tertiary/aromatic N) is 2. The molecule has 2 saturated heterocycles. The number of hydrogen-bond donors (Lipinski definition) is 2. The maximum atomic E-state index is 12.7. The maximum Gasteiger partial charge on any atom is 0.490 e. The van der Waals surface area contributed by atoms with E-state index in [4.69, 9.17) is 9.90 Å². The number of fused-ring (bicyclic) bond motifs is 2. The second-order valence-corrected chi connectivity index (χ2v) is 13.0. The zero-order valence-corrected chi connectivity index (χ0v) is 22.7. The van der Waals surface area contributed by atoms with Crippen LogP contribution in [-0.2, 0) is 9.59 Å². The molecule has 1 amide bonds. The molecule has 6 nitrogen and oxygen atoms in total. The molecule has 9 heteroatoms. The van der Waals surface area contributed by atoms with Crippen molar-refractivity contribution >= 4 is 11.9 Å². The van der Waals surface area contributed by atoms with E-state index in [2.05, 4.69) is 15.9 Å². The van der Waals surface area contributed by atoms with Crippen molar-refractivity contribution in [3.8, 4) is 5.75 Å². The summed E-state index contributed by atoms with van der Waals surface area (Å²) in [5, 5.41) is 17.0. The van der Waals surface area contributed by atoms with E-state index in [1.165, 1.54) is 69.8 Å². The zero-order chi connectivity index (χ0) is 27.9. The summed E-state index contributed by atoms with van der Waals surface area (Å²) in [5.41, 5.74) is 1.73. The fourth-order valence-corrected chi connectivity index (χ4v) is 9.16. The smallest absolute Gasteiger partial charge is 0.490 e. The number of rotatable bonds is 6. The van der Waals surface area contributed by atoms with E-state index in [0.717, 1.165) is 37.4 Å². The van der Waals surface area contributed by atoms with Crippen LogP contribution in [-0.4, -0.2) is 69.8 Å². The number of hydrogen-bond acceptors (Lipinski definition) is 4. The largest absolute Gasteiger partial charge is 0.508 e. The van der Waals surface area contributed by atoms with Crippen molar-refractivity contribution in [3.63, 3.8) is 0 Å². The topological polar surface area (TPSA) is 81.1 Å². The van der Waals surface area contributed by atoms with Gasteiger partial charge in [-0.3, -0.25) is 9.69 Å². The highest BCUT2D eigenvalue weighted by atomic mass is 19.4. The van der Waals surface area contributed by atoms with Gasteiger partial charge in [-0.2, -0.15) is 13.2 Å². The molecule has 39 heavy (non-hydrogen) atoms. The first-order valence-corrected chi connectivity index (χ1v) is 14.5. The number of aliphatic carboxylic acids is 1. The number of piperidine rings is 1. The number of carbonyl (C=O) groups is 2. The minimum absolute atomic E-state index is 0.280. The first-order valence-electron chi connectivity index (χ1n) is 14.5. The Kier molecular flexibility index (Phi) is 7.92. The van der Waals surface area contributed by atoms with Crippen molar-refractivity contribution in [1.82, 2.24) is 9.80 Å². The van der Waals surface area contributed by atoms with Gasteiger partial charge in [0.15, 0.2) is 0 Å². The number of phenolic OH excluding ortho intramolecular Hbond substituents is 1. The molecule has 2 heterocycles. The van der Waals surface area contributed by atoms with E-state index in [1.54, 1.807) is 13.0 Å². The Morgan fingerprint density at radius 3 is 2.00 bits per heavy atom. The lowest BCUT2D eigenvalue weighted by atomic mass is 9.49. The molecule has 0 radical (unpaired) electrons. The third-order valence-electron chi connectivity index (χ3n) is 10.2. The first-order chi connectivity index (χ1) is 18.4. The number of carboxylic acids is 1. The van der Waals surface area contributed by atoms with Gasteiger partial charge in [0.2, 0.25) is 5.91 Å². The quantitative estimate of drug-likeness (QED) is 0.468. The van der Waals surface area contributed by atoms with Crippen molar-refractivity contribution in [3.05, 3.63) is 29.8 Å². The summed E-state index contributed by atoms with van der Waals surface area (Å²) in [7, 11) is 0. The van der Waals surface area contributed by atoms with Crippen LogP contribution in [0.4, 0.5) is 13.2 Å². The molecular formula is C30H41F3N2O4. The van der Waals surface area contributed by atoms with Crippen LogP contribution in [0.3, 0.4) is 0 Å². The molecule has 1 aromatic carbocycles. The molecule has 7 rings (SSSR count). The summed E-state index contributed by atoms with van der Waals surface area (Å²) in [6.07, 6.45) is 8.41. The van der Waals surface area contributed by atoms with Gasteiger partial charge in [-0.05, 0) is 111 Å². The predicted molar refractivity (Wildman–Crippen MR) is 140 cm³/mol. The Morgan fingerprint density at radius 2 is 1.54 bits per heavy atom. The molecule has 2 aliphatic heterocycles. The van der Waals surface area contributed by atoms with Crippen LogP contribution in [0.15, 0.2) is 24.3 Å². The van der Waals surface area contributed by atoms with Gasteiger partial charge in [0, 0.05) is 38.6 Å². The average Bonchev–Trinajstić information content (AvgIpc) is 3.07. The molecule has 2 unspecified atom stereocenters. The van der Waals surface area contributed by atoms with Crippen molar-refractivity contribution in [1.29, 1.82) is 0 Å². The van der Waals surface area contributed by atoms with Gasteiger partial charge in [-0.15, -0.1) is 0 Å². The molecular weight excluding hydrogens is 509 g/mol. The molecule has 6 bridgehead atoms. The van der Waals surface area contributed by atoms with E-state index < -0.39 is 12.1 Å². The molecule has 2 atom stereocenters. The Hall–Kier alpha value is -2.29. The number of benzene rings is 1. The van der Waals surface area contributed by atoms with Crippen molar-refractivity contribution < 1.29 is 33.0 Å².